The topological polar surface area (TPSA) is 173 Å². The number of aromatic nitrogens is 2. The van der Waals surface area contributed by atoms with Crippen LogP contribution in [0, 0.1) is 0 Å². The van der Waals surface area contributed by atoms with E-state index in [1.165, 1.54) is 25.3 Å². The average Bonchev–Trinajstić information content (AvgIpc) is 3.31. The Morgan fingerprint density at radius 1 is 0.983 bits per heavy atom. The summed E-state index contributed by atoms with van der Waals surface area (Å²) < 4.78 is 35.1. The zero-order valence-corrected chi connectivity index (χ0v) is 34.4. The number of piperidine rings is 2. The van der Waals surface area contributed by atoms with E-state index in [0.717, 1.165) is 42.3 Å². The number of amides is 5. The second kappa shape index (κ2) is 17.7. The molecule has 1 atom stereocenters. The van der Waals surface area contributed by atoms with Gasteiger partial charge in [0.1, 0.15) is 11.4 Å². The van der Waals surface area contributed by atoms with E-state index in [2.05, 4.69) is 35.7 Å². The number of alkyl halides is 2. The van der Waals surface area contributed by atoms with Gasteiger partial charge in [0, 0.05) is 89.0 Å². The maximum atomic E-state index is 14.7. The standard InChI is InChI=1S/C42H52F2N10O6/c1-26(2)54-25-42(43,44)40(59)50(3)33-24-45-41(49-37(33)54)47-32-11-7-28(23-34(32)60-4)38(57)46-29-13-17-53(18-14-29)36(56)15-16-51-19-21-52(22-20-51)30-8-5-27(6-9-30)31-10-12-35(55)48-39(31)58/h5-9,11,23-24,26,29,31H,10,12-22,25H2,1-4H3,(H,46,57)(H,45,47,49)(H,48,55,58). The van der Waals surface area contributed by atoms with Gasteiger partial charge in [0.25, 0.3) is 11.8 Å². The number of fused-ring (bicyclic) bond motifs is 1. The van der Waals surface area contributed by atoms with Crippen molar-refractivity contribution in [1.29, 1.82) is 0 Å². The van der Waals surface area contributed by atoms with Gasteiger partial charge >= 0.3 is 5.92 Å². The van der Waals surface area contributed by atoms with Gasteiger partial charge in [-0.2, -0.15) is 13.8 Å². The molecule has 0 saturated carbocycles. The Bertz CT molecular complexity index is 2100. The minimum Gasteiger partial charge on any atom is -0.495 e. The SMILES string of the molecule is COc1cc(C(=O)NC2CCN(C(=O)CCN3CCN(c4ccc(C5CCC(=O)NC5=O)cc4)CC3)CC2)ccc1Nc1ncc2c(n1)N(C(C)C)CC(F)(F)C(=O)N2C. The van der Waals surface area contributed by atoms with E-state index >= 15 is 0 Å². The molecule has 3 N–H and O–H groups in total. The lowest BCUT2D eigenvalue weighted by Gasteiger charge is -2.37. The van der Waals surface area contributed by atoms with Crippen LogP contribution in [0.15, 0.2) is 48.7 Å². The van der Waals surface area contributed by atoms with Crippen molar-refractivity contribution in [3.8, 4) is 5.75 Å². The highest BCUT2D eigenvalue weighted by Crippen LogP contribution is 2.37. The monoisotopic (exact) mass is 830 g/mol. The van der Waals surface area contributed by atoms with Crippen molar-refractivity contribution < 1.29 is 37.5 Å². The number of piperazine rings is 1. The summed E-state index contributed by atoms with van der Waals surface area (Å²) >= 11 is 0. The maximum absolute atomic E-state index is 14.7. The third-order valence-electron chi connectivity index (χ3n) is 11.8. The smallest absolute Gasteiger partial charge is 0.342 e. The molecule has 5 amide bonds. The molecule has 4 aliphatic rings. The Balaban J connectivity index is 0.857. The lowest BCUT2D eigenvalue weighted by Crippen LogP contribution is -2.49. The number of nitrogens with zero attached hydrogens (tertiary/aromatic N) is 7. The molecule has 16 nitrogen and oxygen atoms in total. The van der Waals surface area contributed by atoms with Gasteiger partial charge in [-0.25, -0.2) is 4.98 Å². The summed E-state index contributed by atoms with van der Waals surface area (Å²) in [6, 6.07) is 12.4. The minimum atomic E-state index is -3.61. The lowest BCUT2D eigenvalue weighted by atomic mass is 9.90. The van der Waals surface area contributed by atoms with E-state index < -0.39 is 18.4 Å². The third-order valence-corrected chi connectivity index (χ3v) is 11.8. The fraction of sp³-hybridized carbons (Fsp3) is 0.500. The van der Waals surface area contributed by atoms with Gasteiger partial charge in [0.2, 0.25) is 23.7 Å². The largest absolute Gasteiger partial charge is 0.495 e. The van der Waals surface area contributed by atoms with Gasteiger partial charge < -0.3 is 35.0 Å². The number of likely N-dealkylation sites (tertiary alicyclic amines) is 1. The van der Waals surface area contributed by atoms with Crippen molar-refractivity contribution >= 4 is 58.4 Å². The predicted molar refractivity (Wildman–Crippen MR) is 221 cm³/mol. The molecule has 0 spiro atoms. The quantitative estimate of drug-likeness (QED) is 0.241. The summed E-state index contributed by atoms with van der Waals surface area (Å²) in [5, 5.41) is 8.57. The molecule has 320 valence electrons. The van der Waals surface area contributed by atoms with Crippen LogP contribution in [0.25, 0.3) is 0 Å². The molecule has 3 fully saturated rings. The molecule has 0 bridgehead atoms. The Hall–Kier alpha value is -5.91. The maximum Gasteiger partial charge on any atom is 0.342 e. The van der Waals surface area contributed by atoms with Crippen molar-refractivity contribution in [3.63, 3.8) is 0 Å². The van der Waals surface area contributed by atoms with Gasteiger partial charge in [0.15, 0.2) is 5.82 Å². The van der Waals surface area contributed by atoms with E-state index in [1.54, 1.807) is 32.0 Å². The first kappa shape index (κ1) is 42.2. The Morgan fingerprint density at radius 3 is 2.37 bits per heavy atom. The number of hydrogen-bond acceptors (Lipinski definition) is 12. The van der Waals surface area contributed by atoms with Crippen molar-refractivity contribution in [1.82, 2.24) is 30.4 Å². The number of anilines is 5. The Labute approximate surface area is 347 Å². The average molecular weight is 831 g/mol. The fourth-order valence-corrected chi connectivity index (χ4v) is 8.18. The van der Waals surface area contributed by atoms with Crippen LogP contribution in [0.1, 0.15) is 67.8 Å². The summed E-state index contributed by atoms with van der Waals surface area (Å²) in [5.41, 5.74) is 2.98. The molecule has 0 radical (unpaired) electrons. The van der Waals surface area contributed by atoms with Gasteiger partial charge in [-0.3, -0.25) is 34.2 Å². The number of halogens is 2. The number of imide groups is 1. The first-order valence-corrected chi connectivity index (χ1v) is 20.4. The van der Waals surface area contributed by atoms with Crippen LogP contribution in [0.2, 0.25) is 0 Å². The number of hydrogen-bond donors (Lipinski definition) is 3. The molecule has 18 heteroatoms. The molecule has 1 unspecified atom stereocenters. The van der Waals surface area contributed by atoms with Crippen molar-refractivity contribution in [2.24, 2.45) is 0 Å². The molecule has 4 aliphatic heterocycles. The van der Waals surface area contributed by atoms with Crippen LogP contribution in [0.3, 0.4) is 0 Å². The van der Waals surface area contributed by atoms with Crippen LogP contribution >= 0.6 is 0 Å². The van der Waals surface area contributed by atoms with Crippen molar-refractivity contribution in [2.45, 2.75) is 69.9 Å². The fourth-order valence-electron chi connectivity index (χ4n) is 8.18. The van der Waals surface area contributed by atoms with Gasteiger partial charge in [-0.1, -0.05) is 12.1 Å². The van der Waals surface area contributed by atoms with Crippen molar-refractivity contribution in [2.75, 3.05) is 86.5 Å². The van der Waals surface area contributed by atoms with Crippen LogP contribution in [-0.4, -0.2) is 134 Å². The minimum absolute atomic E-state index is 0.0950. The molecule has 7 rings (SSSR count). The van der Waals surface area contributed by atoms with Gasteiger partial charge in [-0.05, 0) is 69.0 Å². The predicted octanol–water partition coefficient (Wildman–Crippen LogP) is 3.51. The highest BCUT2D eigenvalue weighted by Gasteiger charge is 2.47. The summed E-state index contributed by atoms with van der Waals surface area (Å²) in [7, 11) is 2.73. The van der Waals surface area contributed by atoms with Crippen LogP contribution < -0.4 is 35.4 Å². The first-order chi connectivity index (χ1) is 28.7. The molecule has 5 heterocycles. The van der Waals surface area contributed by atoms with E-state index in [9.17, 15) is 32.8 Å². The molecule has 0 aliphatic carbocycles. The summed E-state index contributed by atoms with van der Waals surface area (Å²) in [5.74, 6) is -5.26. The first-order valence-electron chi connectivity index (χ1n) is 20.4. The van der Waals surface area contributed by atoms with Crippen LogP contribution in [0.5, 0.6) is 5.75 Å². The number of nitrogens with one attached hydrogen (secondary N) is 3. The van der Waals surface area contributed by atoms with Crippen LogP contribution in [0.4, 0.5) is 37.6 Å². The molecular weight excluding hydrogens is 779 g/mol. The van der Waals surface area contributed by atoms with E-state index in [-0.39, 0.29) is 59.1 Å². The third kappa shape index (κ3) is 9.27. The summed E-state index contributed by atoms with van der Waals surface area (Å²) in [4.78, 5) is 80.3. The molecule has 1 aromatic heterocycles. The molecule has 60 heavy (non-hydrogen) atoms. The molecular formula is C42H52F2N10O6. The summed E-state index contributed by atoms with van der Waals surface area (Å²) in [6.07, 6.45) is 3.89. The molecule has 3 saturated heterocycles. The van der Waals surface area contributed by atoms with Crippen LogP contribution in [-0.2, 0) is 19.2 Å². The van der Waals surface area contributed by atoms with Crippen molar-refractivity contribution in [3.05, 3.63) is 59.8 Å². The summed E-state index contributed by atoms with van der Waals surface area (Å²) in [6.45, 7) is 7.76. The molecule has 3 aromatic rings. The highest BCUT2D eigenvalue weighted by molar-refractivity contribution is 6.02. The number of carbonyl (C=O) groups is 5. The normalized spacial score (nSPS) is 20.1. The number of rotatable bonds is 11. The second-order valence-electron chi connectivity index (χ2n) is 16.0. The number of ether oxygens (including phenoxy) is 1. The Kier molecular flexibility index (Phi) is 12.5. The van der Waals surface area contributed by atoms with E-state index in [4.69, 9.17) is 4.74 Å². The number of benzene rings is 2. The zero-order valence-electron chi connectivity index (χ0n) is 34.4. The molecule has 2 aromatic carbocycles. The zero-order chi connectivity index (χ0) is 42.7. The van der Waals surface area contributed by atoms with Gasteiger partial charge in [0.05, 0.1) is 31.5 Å². The van der Waals surface area contributed by atoms with E-state index in [0.29, 0.717) is 68.7 Å². The highest BCUT2D eigenvalue weighted by atomic mass is 19.3. The number of methoxy groups -OCH3 is 1. The second-order valence-corrected chi connectivity index (χ2v) is 16.0. The van der Waals surface area contributed by atoms with Gasteiger partial charge in [-0.15, -0.1) is 0 Å². The Morgan fingerprint density at radius 2 is 1.70 bits per heavy atom. The van der Waals surface area contributed by atoms with E-state index in [1.807, 2.05) is 29.2 Å². The number of carbonyl (C=O) groups excluding carboxylic acids is 5. The lowest BCUT2D eigenvalue weighted by molar-refractivity contribution is -0.140.